The fourth-order valence-corrected chi connectivity index (χ4v) is 3.32. The van der Waals surface area contributed by atoms with E-state index in [1.165, 1.54) is 17.2 Å². The quantitative estimate of drug-likeness (QED) is 0.301. The molecule has 0 aromatic heterocycles. The Morgan fingerprint density at radius 3 is 2.23 bits per heavy atom. The van der Waals surface area contributed by atoms with Gasteiger partial charge >= 0.3 is 6.61 Å². The van der Waals surface area contributed by atoms with Crippen LogP contribution >= 0.6 is 24.0 Å². The molecule has 0 saturated carbocycles. The van der Waals surface area contributed by atoms with E-state index in [4.69, 9.17) is 4.74 Å². The minimum absolute atomic E-state index is 0. The number of halogens is 3. The molecule has 3 rings (SSSR count). The smallest absolute Gasteiger partial charge is 0.387 e. The van der Waals surface area contributed by atoms with Gasteiger partial charge in [0.2, 0.25) is 0 Å². The fraction of sp³-hybridized carbons (Fsp3) is 0.409. The van der Waals surface area contributed by atoms with Crippen molar-refractivity contribution in [3.05, 3.63) is 65.2 Å². The van der Waals surface area contributed by atoms with E-state index in [1.54, 1.807) is 25.2 Å². The van der Waals surface area contributed by atoms with Crippen LogP contribution in [0.15, 0.2) is 53.5 Å². The van der Waals surface area contributed by atoms with Gasteiger partial charge < -0.3 is 20.1 Å². The molecular weight excluding hydrogens is 517 g/mol. The van der Waals surface area contributed by atoms with Crippen molar-refractivity contribution in [1.29, 1.82) is 0 Å². The molecule has 0 bridgehead atoms. The average Bonchev–Trinajstić information content (AvgIpc) is 2.76. The molecule has 1 aliphatic heterocycles. The molecule has 9 heteroatoms. The lowest BCUT2D eigenvalue weighted by atomic mass is 10.1. The minimum Gasteiger partial charge on any atom is -0.434 e. The summed E-state index contributed by atoms with van der Waals surface area (Å²) in [6.07, 6.45) is 0. The largest absolute Gasteiger partial charge is 0.434 e. The Kier molecular flexibility index (Phi) is 11.0. The summed E-state index contributed by atoms with van der Waals surface area (Å²) < 4.78 is 35.2. The van der Waals surface area contributed by atoms with Crippen molar-refractivity contribution in [2.45, 2.75) is 26.2 Å². The number of alkyl halides is 2. The van der Waals surface area contributed by atoms with Crippen molar-refractivity contribution in [2.24, 2.45) is 4.99 Å². The Labute approximate surface area is 199 Å². The van der Waals surface area contributed by atoms with E-state index in [2.05, 4.69) is 37.4 Å². The third-order valence-corrected chi connectivity index (χ3v) is 4.92. The van der Waals surface area contributed by atoms with E-state index in [1.807, 2.05) is 12.1 Å². The van der Waals surface area contributed by atoms with Gasteiger partial charge in [0.15, 0.2) is 5.96 Å². The van der Waals surface area contributed by atoms with Gasteiger partial charge in [-0.15, -0.1) is 24.0 Å². The van der Waals surface area contributed by atoms with Crippen LogP contribution in [0.25, 0.3) is 0 Å². The zero-order valence-electron chi connectivity index (χ0n) is 17.5. The Morgan fingerprint density at radius 2 is 1.58 bits per heavy atom. The Morgan fingerprint density at radius 1 is 1.00 bits per heavy atom. The highest BCUT2D eigenvalue weighted by molar-refractivity contribution is 14.0. The lowest BCUT2D eigenvalue weighted by Gasteiger charge is -2.27. The standard InChI is InChI=1S/C22H28F2N4O2.HI/c1-25-22(27-15-18-7-4-5-9-20(18)30-21(23)24)26-14-17-6-2-3-8-19(17)16-28-10-12-29-13-11-28;/h2-9,21H,10-16H2,1H3,(H2,25,26,27);1H. The van der Waals surface area contributed by atoms with Crippen molar-refractivity contribution < 1.29 is 18.3 Å². The number of para-hydroxylation sites is 1. The van der Waals surface area contributed by atoms with E-state index in [9.17, 15) is 8.78 Å². The van der Waals surface area contributed by atoms with E-state index in [0.717, 1.165) is 32.8 Å². The third-order valence-electron chi connectivity index (χ3n) is 4.92. The van der Waals surface area contributed by atoms with Gasteiger partial charge in [-0.05, 0) is 17.2 Å². The monoisotopic (exact) mass is 546 g/mol. The molecule has 1 fully saturated rings. The summed E-state index contributed by atoms with van der Waals surface area (Å²) in [5.74, 6) is 0.745. The maximum Gasteiger partial charge on any atom is 0.387 e. The van der Waals surface area contributed by atoms with E-state index < -0.39 is 6.61 Å². The maximum atomic E-state index is 12.6. The van der Waals surface area contributed by atoms with E-state index in [-0.39, 0.29) is 29.7 Å². The molecule has 2 N–H and O–H groups in total. The lowest BCUT2D eigenvalue weighted by molar-refractivity contribution is -0.0504. The van der Waals surface area contributed by atoms with Crippen LogP contribution in [0.4, 0.5) is 8.78 Å². The zero-order valence-corrected chi connectivity index (χ0v) is 19.9. The number of aliphatic imine (C=N–C) groups is 1. The van der Waals surface area contributed by atoms with Gasteiger partial charge in [0.25, 0.3) is 0 Å². The third kappa shape index (κ3) is 8.23. The zero-order chi connectivity index (χ0) is 21.2. The summed E-state index contributed by atoms with van der Waals surface area (Å²) >= 11 is 0. The topological polar surface area (TPSA) is 58.1 Å². The molecule has 1 aliphatic rings. The highest BCUT2D eigenvalue weighted by atomic mass is 127. The van der Waals surface area contributed by atoms with Crippen LogP contribution in [0, 0.1) is 0 Å². The molecule has 1 heterocycles. The predicted molar refractivity (Wildman–Crippen MR) is 128 cm³/mol. The lowest BCUT2D eigenvalue weighted by Crippen LogP contribution is -2.37. The highest BCUT2D eigenvalue weighted by Gasteiger charge is 2.13. The van der Waals surface area contributed by atoms with Crippen molar-refractivity contribution in [2.75, 3.05) is 33.4 Å². The van der Waals surface area contributed by atoms with Crippen LogP contribution in [0.2, 0.25) is 0 Å². The normalized spacial score (nSPS) is 14.8. The first-order valence-corrected chi connectivity index (χ1v) is 10.00. The summed E-state index contributed by atoms with van der Waals surface area (Å²) in [4.78, 5) is 6.62. The van der Waals surface area contributed by atoms with Crippen LogP contribution in [0.3, 0.4) is 0 Å². The molecule has 0 radical (unpaired) electrons. The number of benzene rings is 2. The Balaban J connectivity index is 0.00000341. The number of nitrogens with one attached hydrogen (secondary N) is 2. The van der Waals surface area contributed by atoms with Crippen LogP contribution in [0.1, 0.15) is 16.7 Å². The first kappa shape index (κ1) is 25.3. The van der Waals surface area contributed by atoms with Crippen molar-refractivity contribution in [3.63, 3.8) is 0 Å². The second kappa shape index (κ2) is 13.4. The van der Waals surface area contributed by atoms with Crippen LogP contribution in [-0.2, 0) is 24.4 Å². The molecule has 0 spiro atoms. The molecule has 170 valence electrons. The van der Waals surface area contributed by atoms with Crippen LogP contribution < -0.4 is 15.4 Å². The first-order valence-electron chi connectivity index (χ1n) is 10.00. The summed E-state index contributed by atoms with van der Waals surface area (Å²) in [7, 11) is 1.68. The molecule has 6 nitrogen and oxygen atoms in total. The average molecular weight is 546 g/mol. The molecule has 0 atom stereocenters. The van der Waals surface area contributed by atoms with Crippen molar-refractivity contribution >= 4 is 29.9 Å². The molecule has 0 unspecified atom stereocenters. The van der Waals surface area contributed by atoms with Gasteiger partial charge in [-0.3, -0.25) is 9.89 Å². The number of hydrogen-bond donors (Lipinski definition) is 2. The molecule has 2 aromatic carbocycles. The van der Waals surface area contributed by atoms with Gasteiger partial charge in [0, 0.05) is 45.3 Å². The number of rotatable bonds is 8. The molecular formula is C22H29F2IN4O2. The fourth-order valence-electron chi connectivity index (χ4n) is 3.32. The van der Waals surface area contributed by atoms with Crippen LogP contribution in [0.5, 0.6) is 5.75 Å². The van der Waals surface area contributed by atoms with Crippen molar-refractivity contribution in [1.82, 2.24) is 15.5 Å². The molecule has 1 saturated heterocycles. The number of guanidine groups is 1. The first-order chi connectivity index (χ1) is 14.7. The minimum atomic E-state index is -2.86. The summed E-state index contributed by atoms with van der Waals surface area (Å²) in [6, 6.07) is 15.0. The van der Waals surface area contributed by atoms with Gasteiger partial charge in [-0.2, -0.15) is 8.78 Å². The van der Waals surface area contributed by atoms with E-state index >= 15 is 0 Å². The van der Waals surface area contributed by atoms with Gasteiger partial charge in [0.1, 0.15) is 5.75 Å². The summed E-state index contributed by atoms with van der Waals surface area (Å²) in [5.41, 5.74) is 3.08. The van der Waals surface area contributed by atoms with Crippen LogP contribution in [-0.4, -0.2) is 50.8 Å². The number of nitrogens with zero attached hydrogens (tertiary/aromatic N) is 2. The second-order valence-electron chi connectivity index (χ2n) is 6.92. The SMILES string of the molecule is CN=C(NCc1ccccc1CN1CCOCC1)NCc1ccccc1OC(F)F.I. The Bertz CT molecular complexity index is 833. The van der Waals surface area contributed by atoms with Gasteiger partial charge in [0.05, 0.1) is 13.2 Å². The van der Waals surface area contributed by atoms with Gasteiger partial charge in [-0.25, -0.2) is 0 Å². The molecule has 2 aromatic rings. The Hall–Kier alpha value is -1.98. The predicted octanol–water partition coefficient (Wildman–Crippen LogP) is 3.60. The maximum absolute atomic E-state index is 12.6. The summed E-state index contributed by atoms with van der Waals surface area (Å²) in [6.45, 7) is 2.36. The van der Waals surface area contributed by atoms with Gasteiger partial charge in [-0.1, -0.05) is 42.5 Å². The molecule has 31 heavy (non-hydrogen) atoms. The second-order valence-corrected chi connectivity index (χ2v) is 6.92. The van der Waals surface area contributed by atoms with E-state index in [0.29, 0.717) is 24.6 Å². The number of hydrogen-bond acceptors (Lipinski definition) is 4. The molecule has 0 aliphatic carbocycles. The summed E-state index contributed by atoms with van der Waals surface area (Å²) in [5, 5.41) is 6.46. The number of morpholine rings is 1. The molecule has 0 amide bonds. The highest BCUT2D eigenvalue weighted by Crippen LogP contribution is 2.20. The van der Waals surface area contributed by atoms with Crippen molar-refractivity contribution in [3.8, 4) is 5.75 Å². The number of ether oxygens (including phenoxy) is 2.